The molecule has 1 aliphatic rings. The minimum absolute atomic E-state index is 0.136. The van der Waals surface area contributed by atoms with Gasteiger partial charge in [-0.1, -0.05) is 6.58 Å². The average molecular weight is 349 g/mol. The number of nitrogens with zero attached hydrogens (tertiary/aromatic N) is 3. The number of carbonyl (C=O) groups is 1. The molecule has 2 N–H and O–H groups in total. The number of hydrogen-bond donors (Lipinski definition) is 2. The predicted molar refractivity (Wildman–Crippen MR) is 100 cm³/mol. The number of aromatic nitrogens is 3. The molecule has 0 radical (unpaired) electrons. The molecular weight excluding hydrogens is 330 g/mol. The number of anilines is 1. The van der Waals surface area contributed by atoms with Crippen LogP contribution in [0.15, 0.2) is 49.4 Å². The number of aromatic amines is 1. The SMILES string of the molecule is C=CC(=O)NC1CN(c2cnc3[nH]cc(-c4ccnc(OC)c4)c3c2)C1. The topological polar surface area (TPSA) is 83.1 Å². The summed E-state index contributed by atoms with van der Waals surface area (Å²) in [4.78, 5) is 25.5. The first-order valence-corrected chi connectivity index (χ1v) is 8.33. The van der Waals surface area contributed by atoms with Crippen LogP contribution < -0.4 is 15.0 Å². The number of pyridine rings is 2. The van der Waals surface area contributed by atoms with Crippen LogP contribution in [0.1, 0.15) is 0 Å². The minimum Gasteiger partial charge on any atom is -0.481 e. The van der Waals surface area contributed by atoms with Gasteiger partial charge in [0, 0.05) is 42.5 Å². The van der Waals surface area contributed by atoms with E-state index in [0.29, 0.717) is 5.88 Å². The van der Waals surface area contributed by atoms with Crippen LogP contribution in [-0.2, 0) is 4.79 Å². The van der Waals surface area contributed by atoms with Crippen LogP contribution >= 0.6 is 0 Å². The van der Waals surface area contributed by atoms with Crippen molar-refractivity contribution in [3.05, 3.63) is 49.4 Å². The number of nitrogens with one attached hydrogen (secondary N) is 2. The molecule has 132 valence electrons. The van der Waals surface area contributed by atoms with Gasteiger partial charge in [-0.15, -0.1) is 0 Å². The summed E-state index contributed by atoms with van der Waals surface area (Å²) in [5.74, 6) is 0.437. The van der Waals surface area contributed by atoms with Crippen molar-refractivity contribution in [1.82, 2.24) is 20.3 Å². The van der Waals surface area contributed by atoms with Crippen molar-refractivity contribution in [3.8, 4) is 17.0 Å². The third kappa shape index (κ3) is 2.88. The smallest absolute Gasteiger partial charge is 0.243 e. The molecule has 1 amide bonds. The van der Waals surface area contributed by atoms with E-state index in [1.54, 1.807) is 13.3 Å². The Balaban J connectivity index is 1.59. The fourth-order valence-electron chi connectivity index (χ4n) is 3.13. The fraction of sp³-hybridized carbons (Fsp3) is 0.211. The molecule has 7 heteroatoms. The Hall–Kier alpha value is -3.35. The molecule has 26 heavy (non-hydrogen) atoms. The number of amides is 1. The maximum atomic E-state index is 11.4. The van der Waals surface area contributed by atoms with Crippen molar-refractivity contribution in [2.75, 3.05) is 25.1 Å². The summed E-state index contributed by atoms with van der Waals surface area (Å²) < 4.78 is 5.22. The van der Waals surface area contributed by atoms with Crippen molar-refractivity contribution in [2.24, 2.45) is 0 Å². The van der Waals surface area contributed by atoms with E-state index in [1.807, 2.05) is 24.5 Å². The molecule has 3 aromatic rings. The van der Waals surface area contributed by atoms with E-state index in [1.165, 1.54) is 6.08 Å². The molecule has 7 nitrogen and oxygen atoms in total. The molecule has 0 saturated carbocycles. The maximum Gasteiger partial charge on any atom is 0.243 e. The van der Waals surface area contributed by atoms with Crippen LogP contribution in [0.2, 0.25) is 0 Å². The zero-order valence-electron chi connectivity index (χ0n) is 14.4. The van der Waals surface area contributed by atoms with Crippen LogP contribution in [0.4, 0.5) is 5.69 Å². The van der Waals surface area contributed by atoms with E-state index < -0.39 is 0 Å². The van der Waals surface area contributed by atoms with E-state index in [0.717, 1.165) is 40.9 Å². The van der Waals surface area contributed by atoms with Crippen molar-refractivity contribution in [3.63, 3.8) is 0 Å². The first-order chi connectivity index (χ1) is 12.7. The maximum absolute atomic E-state index is 11.4. The van der Waals surface area contributed by atoms with Gasteiger partial charge in [-0.3, -0.25) is 4.79 Å². The van der Waals surface area contributed by atoms with Gasteiger partial charge in [0.1, 0.15) is 5.65 Å². The van der Waals surface area contributed by atoms with Crippen molar-refractivity contribution in [1.29, 1.82) is 0 Å². The van der Waals surface area contributed by atoms with Crippen LogP contribution in [0.25, 0.3) is 22.2 Å². The molecule has 1 fully saturated rings. The third-order valence-corrected chi connectivity index (χ3v) is 4.55. The summed E-state index contributed by atoms with van der Waals surface area (Å²) in [6.45, 7) is 4.99. The number of fused-ring (bicyclic) bond motifs is 1. The highest BCUT2D eigenvalue weighted by Crippen LogP contribution is 2.32. The van der Waals surface area contributed by atoms with E-state index in [-0.39, 0.29) is 11.9 Å². The molecule has 0 aliphatic carbocycles. The highest BCUT2D eigenvalue weighted by atomic mass is 16.5. The zero-order valence-corrected chi connectivity index (χ0v) is 14.4. The molecule has 0 bridgehead atoms. The Morgan fingerprint density at radius 1 is 1.42 bits per heavy atom. The lowest BCUT2D eigenvalue weighted by Crippen LogP contribution is -2.59. The average Bonchev–Trinajstić information content (AvgIpc) is 3.07. The lowest BCUT2D eigenvalue weighted by Gasteiger charge is -2.40. The van der Waals surface area contributed by atoms with Crippen LogP contribution in [-0.4, -0.2) is 47.1 Å². The van der Waals surface area contributed by atoms with Gasteiger partial charge in [-0.25, -0.2) is 9.97 Å². The van der Waals surface area contributed by atoms with Gasteiger partial charge in [0.15, 0.2) is 0 Å². The summed E-state index contributed by atoms with van der Waals surface area (Å²) in [5.41, 5.74) is 3.92. The zero-order chi connectivity index (χ0) is 18.1. The Labute approximate surface area is 150 Å². The lowest BCUT2D eigenvalue weighted by atomic mass is 10.1. The van der Waals surface area contributed by atoms with Gasteiger partial charge in [0.05, 0.1) is 25.0 Å². The molecule has 3 aromatic heterocycles. The fourth-order valence-corrected chi connectivity index (χ4v) is 3.13. The Kier molecular flexibility index (Phi) is 4.04. The van der Waals surface area contributed by atoms with Gasteiger partial charge in [-0.05, 0) is 23.8 Å². The monoisotopic (exact) mass is 349 g/mol. The van der Waals surface area contributed by atoms with Crippen molar-refractivity contribution < 1.29 is 9.53 Å². The van der Waals surface area contributed by atoms with E-state index in [2.05, 4.69) is 37.8 Å². The van der Waals surface area contributed by atoms with Crippen molar-refractivity contribution in [2.45, 2.75) is 6.04 Å². The highest BCUT2D eigenvalue weighted by molar-refractivity contribution is 5.95. The molecule has 0 atom stereocenters. The number of carbonyl (C=O) groups excluding carboxylic acids is 1. The Bertz CT molecular complexity index is 975. The first-order valence-electron chi connectivity index (χ1n) is 8.33. The predicted octanol–water partition coefficient (Wildman–Crippen LogP) is 2.12. The molecule has 1 saturated heterocycles. The van der Waals surface area contributed by atoms with Crippen LogP contribution in [0.5, 0.6) is 5.88 Å². The molecule has 1 aliphatic heterocycles. The number of ether oxygens (including phenoxy) is 1. The molecular formula is C19H19N5O2. The largest absolute Gasteiger partial charge is 0.481 e. The highest BCUT2D eigenvalue weighted by Gasteiger charge is 2.28. The van der Waals surface area contributed by atoms with E-state index >= 15 is 0 Å². The Morgan fingerprint density at radius 2 is 2.27 bits per heavy atom. The number of methoxy groups -OCH3 is 1. The van der Waals surface area contributed by atoms with Gasteiger partial charge in [-0.2, -0.15) is 0 Å². The lowest BCUT2D eigenvalue weighted by molar-refractivity contribution is -0.117. The minimum atomic E-state index is -0.136. The van der Waals surface area contributed by atoms with Gasteiger partial charge in [0.25, 0.3) is 0 Å². The van der Waals surface area contributed by atoms with Gasteiger partial charge < -0.3 is 19.9 Å². The van der Waals surface area contributed by atoms with E-state index in [9.17, 15) is 4.79 Å². The number of rotatable bonds is 5. The van der Waals surface area contributed by atoms with Gasteiger partial charge in [0.2, 0.25) is 11.8 Å². The molecule has 4 heterocycles. The second-order valence-electron chi connectivity index (χ2n) is 6.19. The third-order valence-electron chi connectivity index (χ3n) is 4.55. The summed E-state index contributed by atoms with van der Waals surface area (Å²) >= 11 is 0. The summed E-state index contributed by atoms with van der Waals surface area (Å²) in [6.07, 6.45) is 6.82. The van der Waals surface area contributed by atoms with Crippen molar-refractivity contribution >= 4 is 22.6 Å². The van der Waals surface area contributed by atoms with Gasteiger partial charge >= 0.3 is 0 Å². The molecule has 0 unspecified atom stereocenters. The van der Waals surface area contributed by atoms with Crippen LogP contribution in [0, 0.1) is 0 Å². The van der Waals surface area contributed by atoms with Crippen LogP contribution in [0.3, 0.4) is 0 Å². The quantitative estimate of drug-likeness (QED) is 0.690. The first kappa shape index (κ1) is 16.1. The molecule has 0 spiro atoms. The number of hydrogen-bond acceptors (Lipinski definition) is 5. The second-order valence-corrected chi connectivity index (χ2v) is 6.19. The molecule has 4 rings (SSSR count). The van der Waals surface area contributed by atoms with E-state index in [4.69, 9.17) is 4.74 Å². The Morgan fingerprint density at radius 3 is 3.04 bits per heavy atom. The standard InChI is InChI=1S/C19H19N5O2/c1-3-17(25)23-13-10-24(11-13)14-7-15-16(9-22-19(15)21-8-14)12-4-5-20-18(6-12)26-2/h3-9,13H,1,10-11H2,2H3,(H,21,22)(H,23,25). The summed E-state index contributed by atoms with van der Waals surface area (Å²) in [7, 11) is 1.60. The molecule has 0 aromatic carbocycles. The second kappa shape index (κ2) is 6.51. The normalized spacial score (nSPS) is 14.1. The summed E-state index contributed by atoms with van der Waals surface area (Å²) in [5, 5.41) is 3.94. The number of H-pyrrole nitrogens is 1. The summed E-state index contributed by atoms with van der Waals surface area (Å²) in [6, 6.07) is 6.11.